The van der Waals surface area contributed by atoms with Gasteiger partial charge in [0.05, 0.1) is 27.1 Å². The van der Waals surface area contributed by atoms with E-state index in [1.54, 1.807) is 116 Å². The van der Waals surface area contributed by atoms with Crippen molar-refractivity contribution >= 4 is 90.5 Å². The molecule has 15 rings (SSSR count). The van der Waals surface area contributed by atoms with Crippen LogP contribution in [0, 0.1) is 42.9 Å². The van der Waals surface area contributed by atoms with Gasteiger partial charge in [-0.25, -0.2) is 31.9 Å². The van der Waals surface area contributed by atoms with Crippen molar-refractivity contribution in [1.29, 1.82) is 0 Å². The van der Waals surface area contributed by atoms with Gasteiger partial charge in [-0.05, 0) is 158 Å². The second-order valence-corrected chi connectivity index (χ2v) is 28.6. The topological polar surface area (TPSA) is 92.2 Å². The van der Waals surface area contributed by atoms with Crippen molar-refractivity contribution in [3.05, 3.63) is 314 Å². The lowest BCUT2D eigenvalue weighted by atomic mass is 9.86. The van der Waals surface area contributed by atoms with Crippen molar-refractivity contribution in [1.82, 2.24) is 9.97 Å². The molecule has 15 aromatic rings. The van der Waals surface area contributed by atoms with Gasteiger partial charge in [0.1, 0.15) is 51.0 Å². The number of phenolic OH excluding ortho intramolecular Hbond substituents is 1. The van der Waals surface area contributed by atoms with Gasteiger partial charge >= 0.3 is 6.18 Å². The largest absolute Gasteiger partial charge is 0.506 e. The first-order chi connectivity index (χ1) is 53.7. The normalized spacial score (nSPS) is 11.6. The van der Waals surface area contributed by atoms with Crippen LogP contribution in [0.15, 0.2) is 253 Å². The fourth-order valence-electron chi connectivity index (χ4n) is 13.8. The smallest absolute Gasteiger partial charge is 0.417 e. The van der Waals surface area contributed by atoms with E-state index in [1.807, 2.05) is 60.7 Å². The van der Waals surface area contributed by atoms with E-state index in [9.17, 15) is 5.11 Å². The molecule has 21 heteroatoms. The number of hydrogen-bond donors (Lipinski definition) is 1. The van der Waals surface area contributed by atoms with Gasteiger partial charge in [-0.15, -0.1) is 0 Å². The molecular weight excluding hydrogens is 1530 g/mol. The van der Waals surface area contributed by atoms with Crippen LogP contribution in [0.2, 0.25) is 20.1 Å². The maximum absolute atomic E-state index is 17.4. The Balaban J connectivity index is 1.21. The lowest BCUT2D eigenvalue weighted by Gasteiger charge is -2.29. The molecule has 0 amide bonds. The Hall–Kier alpha value is -11.3. The van der Waals surface area contributed by atoms with Gasteiger partial charge in [0.25, 0.3) is 0 Å². The monoisotopic (exact) mass is 1590 g/mol. The number of halogens is 12. The van der Waals surface area contributed by atoms with Crippen LogP contribution in [0.4, 0.5) is 35.1 Å². The molecule has 0 fully saturated rings. The summed E-state index contributed by atoms with van der Waals surface area (Å²) in [5.41, 5.74) is -2.97. The number of ether oxygens (including phenoxy) is 5. The summed E-state index contributed by atoms with van der Waals surface area (Å²) < 4.78 is 169. The summed E-state index contributed by atoms with van der Waals surface area (Å²) in [6.07, 6.45) is 0.921. The molecule has 0 saturated heterocycles. The summed E-state index contributed by atoms with van der Waals surface area (Å²) in [5.74, 6) is -14.4. The maximum Gasteiger partial charge on any atom is 0.417 e. The molecule has 0 atom stereocenters. The van der Waals surface area contributed by atoms with E-state index in [-0.39, 0.29) is 77.5 Å². The van der Waals surface area contributed by atoms with E-state index < -0.39 is 113 Å². The number of rotatable bonds is 21. The summed E-state index contributed by atoms with van der Waals surface area (Å²) in [6, 6.07) is 61.5. The Labute approximate surface area is 655 Å². The quantitative estimate of drug-likeness (QED) is 0.0327. The van der Waals surface area contributed by atoms with Crippen molar-refractivity contribution < 1.29 is 63.9 Å². The average molecular weight is 1590 g/mol. The lowest BCUT2D eigenvalue weighted by Crippen LogP contribution is -2.09. The Morgan fingerprint density at radius 1 is 0.423 bits per heavy atom. The third kappa shape index (κ3) is 14.4. The van der Waals surface area contributed by atoms with Crippen LogP contribution in [-0.2, 0) is 12.6 Å². The molecule has 13 aromatic carbocycles. The predicted octanol–water partition coefficient (Wildman–Crippen LogP) is 29.8. The Kier molecular flexibility index (Phi) is 21.4. The van der Waals surface area contributed by atoms with Gasteiger partial charge in [0, 0.05) is 98.4 Å². The molecule has 111 heavy (non-hydrogen) atoms. The first-order valence-corrected chi connectivity index (χ1v) is 37.2. The Morgan fingerprint density at radius 3 is 1.67 bits per heavy atom. The second-order valence-electron chi connectivity index (χ2n) is 25.9. The van der Waals surface area contributed by atoms with Gasteiger partial charge in [0.15, 0.2) is 34.8 Å². The highest BCUT2D eigenvalue weighted by molar-refractivity contribution is 7.99. The van der Waals surface area contributed by atoms with Gasteiger partial charge in [-0.3, -0.25) is 0 Å². The predicted molar refractivity (Wildman–Crippen MR) is 424 cm³/mol. The van der Waals surface area contributed by atoms with Crippen molar-refractivity contribution in [3.63, 3.8) is 0 Å². The summed E-state index contributed by atoms with van der Waals surface area (Å²) >= 11 is 29.5. The highest BCUT2D eigenvalue weighted by Crippen LogP contribution is 2.65. The Morgan fingerprint density at radius 2 is 0.991 bits per heavy atom. The van der Waals surface area contributed by atoms with Gasteiger partial charge in [-0.1, -0.05) is 199 Å². The lowest BCUT2D eigenvalue weighted by molar-refractivity contribution is -0.137. The maximum atomic E-state index is 17.4. The van der Waals surface area contributed by atoms with Crippen molar-refractivity contribution in [2.45, 2.75) is 62.6 Å². The van der Waals surface area contributed by atoms with E-state index in [4.69, 9.17) is 80.1 Å². The zero-order valence-electron chi connectivity index (χ0n) is 58.7. The number of aryl methyl sites for hydroxylation is 1. The van der Waals surface area contributed by atoms with Crippen molar-refractivity contribution in [3.8, 4) is 119 Å². The highest BCUT2D eigenvalue weighted by Gasteiger charge is 2.41. The number of fused-ring (bicyclic) bond motifs is 3. The summed E-state index contributed by atoms with van der Waals surface area (Å²) in [5, 5.41) is 15.8. The molecule has 2 heterocycles. The minimum absolute atomic E-state index is 0.00181. The molecule has 1 N–H and O–H groups in total. The number of para-hydroxylation sites is 1. The third-order valence-corrected chi connectivity index (χ3v) is 21.3. The molecule has 0 spiro atoms. The molecule has 0 aliphatic rings. The molecular formula is C90H58Cl4F8N2O6S. The molecule has 0 saturated carbocycles. The van der Waals surface area contributed by atoms with Crippen LogP contribution in [0.5, 0.6) is 63.4 Å². The van der Waals surface area contributed by atoms with E-state index >= 15 is 35.1 Å². The summed E-state index contributed by atoms with van der Waals surface area (Å²) in [6.45, 7) is 5.04. The zero-order valence-corrected chi connectivity index (χ0v) is 62.6. The number of alkyl halides is 3. The highest BCUT2D eigenvalue weighted by atomic mass is 35.5. The van der Waals surface area contributed by atoms with Gasteiger partial charge in [0.2, 0.25) is 11.7 Å². The van der Waals surface area contributed by atoms with Crippen LogP contribution in [0.25, 0.3) is 88.0 Å². The van der Waals surface area contributed by atoms with Crippen molar-refractivity contribution in [2.24, 2.45) is 0 Å². The number of unbranched alkanes of at least 4 members (excludes halogenated alkanes) is 2. The van der Waals surface area contributed by atoms with Crippen LogP contribution >= 0.6 is 58.2 Å². The number of pyridine rings is 2. The number of benzene rings is 13. The van der Waals surface area contributed by atoms with E-state index in [0.29, 0.717) is 43.4 Å². The zero-order chi connectivity index (χ0) is 77.5. The van der Waals surface area contributed by atoms with Crippen LogP contribution < -0.4 is 23.7 Å². The summed E-state index contributed by atoms with van der Waals surface area (Å²) in [4.78, 5) is 10.2. The molecule has 0 aliphatic carbocycles. The molecule has 554 valence electrons. The number of aromatic hydroxyl groups is 1. The molecule has 2 aromatic heterocycles. The third-order valence-electron chi connectivity index (χ3n) is 19.0. The fraction of sp³-hybridized carbons (Fsp3) is 0.0889. The minimum Gasteiger partial charge on any atom is -0.506 e. The van der Waals surface area contributed by atoms with E-state index in [2.05, 4.69) is 6.92 Å². The van der Waals surface area contributed by atoms with Crippen LogP contribution in [0.3, 0.4) is 0 Å². The van der Waals surface area contributed by atoms with Gasteiger partial charge in [-0.2, -0.15) is 13.2 Å². The molecule has 0 bridgehead atoms. The molecule has 0 aliphatic heterocycles. The van der Waals surface area contributed by atoms with Crippen LogP contribution in [0.1, 0.15) is 48.4 Å². The second kappa shape index (κ2) is 31.6. The molecule has 0 radical (unpaired) electrons. The standard InChI is InChI=1S/C90H58Cl4F8N2O6S/c1-4-5-8-24-51-47-64(50-22-9-6-10-23-50)83(58-28-14-13-27-57(51)58)110-86-71(63-33-21-46-104-89(63)111-56-43-39-53(92)40-44-56)81(105)72-69(61-31-17-18-34-65(61)90(100,101)102)85(108-67-36-19-35-66(93)48(67)2)70(62-32-20-45-103-88(62)107-55-41-37-52(91)38-42-55)75(94)73(72)87(86)109-82-49(3)68(74-76(95)78(97)80(99)79(98)77(74)96)84(60-30-16-15-29-59(60)82)106-54-25-11-7-12-26-54/h6-7,9-23,25-47,105H,4-5,8,24H2,1-3H3. The first kappa shape index (κ1) is 75.1. The number of hydrogen-bond acceptors (Lipinski definition) is 9. The molecule has 8 nitrogen and oxygen atoms in total. The van der Waals surface area contributed by atoms with Gasteiger partial charge < -0.3 is 28.8 Å². The molecule has 0 unspecified atom stereocenters. The number of aromatic nitrogens is 2. The van der Waals surface area contributed by atoms with Crippen LogP contribution in [-0.4, -0.2) is 15.1 Å². The first-order valence-electron chi connectivity index (χ1n) is 34.9. The average Bonchev–Trinajstić information content (AvgIpc) is 0.702. The van der Waals surface area contributed by atoms with E-state index in [1.165, 1.54) is 73.9 Å². The number of nitrogens with zero attached hydrogens (tertiary/aromatic N) is 2. The summed E-state index contributed by atoms with van der Waals surface area (Å²) in [7, 11) is 0. The van der Waals surface area contributed by atoms with E-state index in [0.717, 1.165) is 48.0 Å². The SMILES string of the molecule is CCCCCc1cc(-c2ccccc2)c(Oc2c(-c3cccnc3Sc3ccc(Cl)cc3)c(O)c3c(-c4ccccc4C(F)(F)F)c(Oc4cccc(Cl)c4C)c(-c4cccnc4Oc4ccc(Cl)cc4)c(Cl)c3c2Oc2c(C)c(-c3c(F)c(F)c(F)c(F)c3F)c(Oc3ccccc3)c3ccccc23)c2ccccc12. The number of phenols is 1. The fourth-order valence-corrected chi connectivity index (χ4v) is 15.4. The minimum atomic E-state index is -5.20. The Bertz CT molecular complexity index is 6110. The van der Waals surface area contributed by atoms with Crippen molar-refractivity contribution in [2.75, 3.05) is 0 Å².